The van der Waals surface area contributed by atoms with Gasteiger partial charge in [0.15, 0.2) is 0 Å². The molecule has 0 radical (unpaired) electrons. The van der Waals surface area contributed by atoms with Crippen LogP contribution in [0.4, 0.5) is 18.0 Å². The summed E-state index contributed by atoms with van der Waals surface area (Å²) in [6, 6.07) is 4.46. The molecule has 2 N–H and O–H groups in total. The van der Waals surface area contributed by atoms with Crippen LogP contribution in [0.5, 0.6) is 5.75 Å². The first kappa shape index (κ1) is 13.5. The van der Waals surface area contributed by atoms with E-state index in [0.717, 1.165) is 12.1 Å². The van der Waals surface area contributed by atoms with Crippen LogP contribution in [-0.2, 0) is 6.18 Å². The summed E-state index contributed by atoms with van der Waals surface area (Å²) in [6.07, 6.45) is -4.83. The maximum Gasteiger partial charge on any atom is 0.416 e. The van der Waals surface area contributed by atoms with Crippen LogP contribution in [0.25, 0.3) is 0 Å². The van der Waals surface area contributed by atoms with E-state index in [9.17, 15) is 18.0 Å². The lowest BCUT2D eigenvalue weighted by Crippen LogP contribution is -2.48. The second kappa shape index (κ2) is 4.99. The molecule has 2 rings (SSSR count). The van der Waals surface area contributed by atoms with Gasteiger partial charge in [-0.3, -0.25) is 0 Å². The number of hydrogen-bond acceptors (Lipinski definition) is 2. The number of rotatable bonds is 3. The highest BCUT2D eigenvalue weighted by Gasteiger charge is 2.33. The van der Waals surface area contributed by atoms with Gasteiger partial charge in [-0.1, -0.05) is 6.07 Å². The zero-order valence-electron chi connectivity index (χ0n) is 9.78. The summed E-state index contributed by atoms with van der Waals surface area (Å²) in [7, 11) is 0. The van der Waals surface area contributed by atoms with Gasteiger partial charge in [0.2, 0.25) is 0 Å². The fourth-order valence-electron chi connectivity index (χ4n) is 1.89. The minimum Gasteiger partial charge on any atom is -0.490 e. The number of ether oxygens (including phenoxy) is 1. The van der Waals surface area contributed by atoms with Crippen LogP contribution in [0, 0.1) is 0 Å². The molecule has 0 atom stereocenters. The van der Waals surface area contributed by atoms with E-state index >= 15 is 0 Å². The number of nitrogens with one attached hydrogen (secondary N) is 1. The van der Waals surface area contributed by atoms with Crippen LogP contribution in [0.1, 0.15) is 18.4 Å². The van der Waals surface area contributed by atoms with Crippen LogP contribution >= 0.6 is 0 Å². The smallest absolute Gasteiger partial charge is 0.416 e. The predicted molar refractivity (Wildman–Crippen MR) is 60.0 cm³/mol. The molecular formula is C12H12F3NO3. The Morgan fingerprint density at radius 3 is 2.63 bits per heavy atom. The Labute approximate surface area is 107 Å². The van der Waals surface area contributed by atoms with E-state index in [2.05, 4.69) is 5.32 Å². The Morgan fingerprint density at radius 1 is 1.37 bits per heavy atom. The Balaban J connectivity index is 1.90. The minimum atomic E-state index is -4.40. The summed E-state index contributed by atoms with van der Waals surface area (Å²) in [6.45, 7) is 0. The van der Waals surface area contributed by atoms with E-state index in [4.69, 9.17) is 9.84 Å². The molecule has 1 aliphatic rings. The third-order valence-electron chi connectivity index (χ3n) is 2.89. The quantitative estimate of drug-likeness (QED) is 0.891. The maximum atomic E-state index is 12.5. The number of halogens is 3. The van der Waals surface area contributed by atoms with Gasteiger partial charge >= 0.3 is 12.3 Å². The van der Waals surface area contributed by atoms with Gasteiger partial charge in [0.1, 0.15) is 11.9 Å². The Morgan fingerprint density at radius 2 is 2.05 bits per heavy atom. The third-order valence-corrected chi connectivity index (χ3v) is 2.89. The van der Waals surface area contributed by atoms with Gasteiger partial charge in [0, 0.05) is 18.9 Å². The van der Waals surface area contributed by atoms with E-state index in [1.807, 2.05) is 0 Å². The molecule has 1 saturated carbocycles. The largest absolute Gasteiger partial charge is 0.490 e. The molecule has 1 aliphatic carbocycles. The van der Waals surface area contributed by atoms with Gasteiger partial charge in [0.25, 0.3) is 0 Å². The molecule has 1 aromatic rings. The molecule has 0 unspecified atom stereocenters. The molecule has 1 fully saturated rings. The lowest BCUT2D eigenvalue weighted by atomic mass is 9.89. The van der Waals surface area contributed by atoms with E-state index in [1.54, 1.807) is 0 Å². The van der Waals surface area contributed by atoms with E-state index < -0.39 is 17.8 Å². The monoisotopic (exact) mass is 275 g/mol. The Bertz CT molecular complexity index is 470. The van der Waals surface area contributed by atoms with Crippen LogP contribution in [0.15, 0.2) is 24.3 Å². The van der Waals surface area contributed by atoms with Crippen molar-refractivity contribution in [1.29, 1.82) is 0 Å². The molecule has 0 spiro atoms. The second-order valence-corrected chi connectivity index (χ2v) is 4.38. The highest BCUT2D eigenvalue weighted by Crippen LogP contribution is 2.33. The minimum absolute atomic E-state index is 0.147. The molecule has 0 bridgehead atoms. The van der Waals surface area contributed by atoms with Gasteiger partial charge < -0.3 is 15.2 Å². The van der Waals surface area contributed by atoms with E-state index in [0.29, 0.717) is 12.8 Å². The normalized spacial score (nSPS) is 22.5. The molecule has 104 valence electrons. The number of hydrogen-bond donors (Lipinski definition) is 2. The standard InChI is InChI=1S/C12H12F3NO3/c13-12(14,15)7-2-1-3-9(4-7)19-10-5-8(6-10)16-11(17)18/h1-4,8,10,16H,5-6H2,(H,17,18). The average Bonchev–Trinajstić information content (AvgIpc) is 2.25. The Hall–Kier alpha value is -1.92. The molecule has 7 heteroatoms. The third kappa shape index (κ3) is 3.52. The number of carboxylic acid groups (broad SMARTS) is 1. The summed E-state index contributed by atoms with van der Waals surface area (Å²) in [5.41, 5.74) is -0.760. The topological polar surface area (TPSA) is 58.6 Å². The van der Waals surface area contributed by atoms with Gasteiger partial charge in [-0.15, -0.1) is 0 Å². The van der Waals surface area contributed by atoms with Crippen molar-refractivity contribution >= 4 is 6.09 Å². The predicted octanol–water partition coefficient (Wildman–Crippen LogP) is 2.88. The highest BCUT2D eigenvalue weighted by molar-refractivity contribution is 5.65. The number of benzene rings is 1. The summed E-state index contributed by atoms with van der Waals surface area (Å²) in [4.78, 5) is 10.3. The molecule has 19 heavy (non-hydrogen) atoms. The van der Waals surface area contributed by atoms with Crippen molar-refractivity contribution in [3.05, 3.63) is 29.8 Å². The first-order chi connectivity index (χ1) is 8.84. The first-order valence-corrected chi connectivity index (χ1v) is 5.68. The van der Waals surface area contributed by atoms with Crippen LogP contribution < -0.4 is 10.1 Å². The van der Waals surface area contributed by atoms with Crippen molar-refractivity contribution in [2.75, 3.05) is 0 Å². The molecular weight excluding hydrogens is 263 g/mol. The highest BCUT2D eigenvalue weighted by atomic mass is 19.4. The molecule has 0 aliphatic heterocycles. The molecule has 1 amide bonds. The van der Waals surface area contributed by atoms with Crippen molar-refractivity contribution < 1.29 is 27.8 Å². The average molecular weight is 275 g/mol. The van der Waals surface area contributed by atoms with E-state index in [-0.39, 0.29) is 17.9 Å². The van der Waals surface area contributed by atoms with Crippen molar-refractivity contribution in [3.63, 3.8) is 0 Å². The summed E-state index contributed by atoms with van der Waals surface area (Å²) in [5, 5.41) is 10.8. The molecule has 0 saturated heterocycles. The SMILES string of the molecule is O=C(O)NC1CC(Oc2cccc(C(F)(F)F)c2)C1. The molecule has 4 nitrogen and oxygen atoms in total. The van der Waals surface area contributed by atoms with Crippen LogP contribution in [0.2, 0.25) is 0 Å². The lowest BCUT2D eigenvalue weighted by molar-refractivity contribution is -0.137. The van der Waals surface area contributed by atoms with E-state index in [1.165, 1.54) is 12.1 Å². The summed E-state index contributed by atoms with van der Waals surface area (Å²) in [5.74, 6) is 0.147. The first-order valence-electron chi connectivity index (χ1n) is 5.68. The van der Waals surface area contributed by atoms with Gasteiger partial charge in [0.05, 0.1) is 5.56 Å². The number of carbonyl (C=O) groups is 1. The molecule has 1 aromatic carbocycles. The second-order valence-electron chi connectivity index (χ2n) is 4.38. The summed E-state index contributed by atoms with van der Waals surface area (Å²) >= 11 is 0. The molecule has 0 aromatic heterocycles. The van der Waals surface area contributed by atoms with Crippen LogP contribution in [-0.4, -0.2) is 23.3 Å². The van der Waals surface area contributed by atoms with Crippen molar-refractivity contribution in [2.45, 2.75) is 31.2 Å². The van der Waals surface area contributed by atoms with Gasteiger partial charge in [-0.2, -0.15) is 13.2 Å². The van der Waals surface area contributed by atoms with Crippen molar-refractivity contribution in [2.24, 2.45) is 0 Å². The fourth-order valence-corrected chi connectivity index (χ4v) is 1.89. The Kier molecular flexibility index (Phi) is 3.55. The fraction of sp³-hybridized carbons (Fsp3) is 0.417. The van der Waals surface area contributed by atoms with Crippen LogP contribution in [0.3, 0.4) is 0 Å². The van der Waals surface area contributed by atoms with Crippen molar-refractivity contribution in [1.82, 2.24) is 5.32 Å². The zero-order chi connectivity index (χ0) is 14.0. The number of amides is 1. The zero-order valence-corrected chi connectivity index (χ0v) is 9.78. The summed E-state index contributed by atoms with van der Waals surface area (Å²) < 4.78 is 42.8. The van der Waals surface area contributed by atoms with Crippen molar-refractivity contribution in [3.8, 4) is 5.75 Å². The molecule has 0 heterocycles. The number of alkyl halides is 3. The van der Waals surface area contributed by atoms with Gasteiger partial charge in [-0.25, -0.2) is 4.79 Å². The maximum absolute atomic E-state index is 12.5. The van der Waals surface area contributed by atoms with Gasteiger partial charge in [-0.05, 0) is 18.2 Å². The lowest BCUT2D eigenvalue weighted by Gasteiger charge is -2.35.